The Morgan fingerprint density at radius 1 is 1.10 bits per heavy atom. The molecule has 102 valence electrons. The molecule has 0 heterocycles. The second kappa shape index (κ2) is 6.30. The van der Waals surface area contributed by atoms with Gasteiger partial charge >= 0.3 is 5.97 Å². The minimum Gasteiger partial charge on any atom is -0.457 e. The van der Waals surface area contributed by atoms with E-state index in [9.17, 15) is 14.0 Å². The quantitative estimate of drug-likeness (QED) is 0.639. The fraction of sp³-hybridized carbons (Fsp3) is 0.0667. The maximum atomic E-state index is 13.7. The van der Waals surface area contributed by atoms with Crippen LogP contribution < -0.4 is 0 Å². The number of rotatable bonds is 4. The first kappa shape index (κ1) is 14.2. The summed E-state index contributed by atoms with van der Waals surface area (Å²) in [6.45, 7) is 0.0509. The summed E-state index contributed by atoms with van der Waals surface area (Å²) in [4.78, 5) is 22.6. The van der Waals surface area contributed by atoms with E-state index in [2.05, 4.69) is 0 Å². The number of esters is 1. The van der Waals surface area contributed by atoms with Gasteiger partial charge in [-0.2, -0.15) is 0 Å². The molecule has 0 atom stereocenters. The van der Waals surface area contributed by atoms with Crippen LogP contribution in [0.2, 0.25) is 0 Å². The first-order chi connectivity index (χ1) is 9.58. The van der Waals surface area contributed by atoms with Crippen LogP contribution in [0.15, 0.2) is 48.5 Å². The zero-order valence-corrected chi connectivity index (χ0v) is 11.1. The highest BCUT2D eigenvalue weighted by atomic mass is 35.5. The Bertz CT molecular complexity index is 641. The molecule has 0 saturated carbocycles. The third-order valence-electron chi connectivity index (χ3n) is 2.63. The van der Waals surface area contributed by atoms with Gasteiger partial charge in [0, 0.05) is 5.56 Å². The van der Waals surface area contributed by atoms with Crippen LogP contribution in [0.3, 0.4) is 0 Å². The van der Waals surface area contributed by atoms with Gasteiger partial charge in [0.25, 0.3) is 5.24 Å². The summed E-state index contributed by atoms with van der Waals surface area (Å²) in [6, 6.07) is 12.4. The molecule has 2 aromatic carbocycles. The van der Waals surface area contributed by atoms with Gasteiger partial charge in [0.1, 0.15) is 12.4 Å². The van der Waals surface area contributed by atoms with Gasteiger partial charge in [-0.3, -0.25) is 4.79 Å². The van der Waals surface area contributed by atoms with Crippen molar-refractivity contribution in [1.29, 1.82) is 0 Å². The predicted molar refractivity (Wildman–Crippen MR) is 72.1 cm³/mol. The molecule has 0 amide bonds. The van der Waals surface area contributed by atoms with Crippen molar-refractivity contribution in [1.82, 2.24) is 0 Å². The molecule has 0 aliphatic rings. The Balaban J connectivity index is 2.08. The van der Waals surface area contributed by atoms with Gasteiger partial charge in [-0.25, -0.2) is 9.18 Å². The van der Waals surface area contributed by atoms with Crippen molar-refractivity contribution in [2.75, 3.05) is 0 Å². The second-order valence-corrected chi connectivity index (χ2v) is 4.37. The monoisotopic (exact) mass is 292 g/mol. The summed E-state index contributed by atoms with van der Waals surface area (Å²) in [6.07, 6.45) is 0. The van der Waals surface area contributed by atoms with Crippen LogP contribution in [-0.4, -0.2) is 11.2 Å². The summed E-state index contributed by atoms with van der Waals surface area (Å²) < 4.78 is 18.7. The average molecular weight is 293 g/mol. The molecular weight excluding hydrogens is 283 g/mol. The predicted octanol–water partition coefficient (Wildman–Crippen LogP) is 3.56. The fourth-order valence-electron chi connectivity index (χ4n) is 1.60. The minimum absolute atomic E-state index is 0.0104. The summed E-state index contributed by atoms with van der Waals surface area (Å²) >= 11 is 5.23. The van der Waals surface area contributed by atoms with Crippen molar-refractivity contribution in [2.24, 2.45) is 0 Å². The summed E-state index contributed by atoms with van der Waals surface area (Å²) in [7, 11) is 0. The van der Waals surface area contributed by atoms with E-state index in [0.29, 0.717) is 0 Å². The van der Waals surface area contributed by atoms with Crippen molar-refractivity contribution in [3.8, 4) is 0 Å². The van der Waals surface area contributed by atoms with Crippen molar-refractivity contribution in [2.45, 2.75) is 6.61 Å². The van der Waals surface area contributed by atoms with Crippen molar-refractivity contribution < 1.29 is 18.7 Å². The molecular formula is C15H10ClFO3. The van der Waals surface area contributed by atoms with E-state index in [-0.39, 0.29) is 17.7 Å². The third-order valence-corrected chi connectivity index (χ3v) is 2.85. The van der Waals surface area contributed by atoms with Gasteiger partial charge in [0.15, 0.2) is 0 Å². The number of hydrogen-bond donors (Lipinski definition) is 0. The van der Waals surface area contributed by atoms with Crippen molar-refractivity contribution in [3.63, 3.8) is 0 Å². The smallest absolute Gasteiger partial charge is 0.341 e. The van der Waals surface area contributed by atoms with Crippen molar-refractivity contribution in [3.05, 3.63) is 71.0 Å². The number of carbonyl (C=O) groups excluding carboxylic acids is 2. The zero-order chi connectivity index (χ0) is 14.5. The first-order valence-electron chi connectivity index (χ1n) is 5.78. The normalized spacial score (nSPS) is 10.1. The van der Waals surface area contributed by atoms with E-state index in [1.165, 1.54) is 12.1 Å². The van der Waals surface area contributed by atoms with Crippen LogP contribution in [0.25, 0.3) is 0 Å². The van der Waals surface area contributed by atoms with Crippen LogP contribution >= 0.6 is 11.6 Å². The summed E-state index contributed by atoms with van der Waals surface area (Å²) in [5.41, 5.74) is 0.556. The van der Waals surface area contributed by atoms with E-state index < -0.39 is 17.0 Å². The lowest BCUT2D eigenvalue weighted by Crippen LogP contribution is -2.08. The van der Waals surface area contributed by atoms with E-state index in [1.807, 2.05) is 18.2 Å². The molecule has 0 aromatic heterocycles. The van der Waals surface area contributed by atoms with E-state index in [0.717, 1.165) is 11.6 Å². The average Bonchev–Trinajstić information content (AvgIpc) is 2.45. The standard InChI is InChI=1S/C15H10ClFO3/c16-14(18)11-6-7-12(13(17)8-11)15(19)20-9-10-4-2-1-3-5-10/h1-8H,9H2. The molecule has 2 rings (SSSR count). The van der Waals surface area contributed by atoms with Crippen LogP contribution in [-0.2, 0) is 11.3 Å². The van der Waals surface area contributed by atoms with Gasteiger partial charge in [0.05, 0.1) is 5.56 Å². The van der Waals surface area contributed by atoms with Crippen LogP contribution in [0.4, 0.5) is 4.39 Å². The highest BCUT2D eigenvalue weighted by Crippen LogP contribution is 2.14. The largest absolute Gasteiger partial charge is 0.457 e. The highest BCUT2D eigenvalue weighted by Gasteiger charge is 2.15. The Labute approximate surface area is 119 Å². The number of hydrogen-bond acceptors (Lipinski definition) is 3. The molecule has 0 spiro atoms. The molecule has 20 heavy (non-hydrogen) atoms. The van der Waals surface area contributed by atoms with Crippen molar-refractivity contribution >= 4 is 22.8 Å². The van der Waals surface area contributed by atoms with E-state index in [4.69, 9.17) is 16.3 Å². The third kappa shape index (κ3) is 3.42. The van der Waals surface area contributed by atoms with Gasteiger partial charge in [0.2, 0.25) is 0 Å². The molecule has 0 aliphatic heterocycles. The Morgan fingerprint density at radius 3 is 2.40 bits per heavy atom. The molecule has 0 aliphatic carbocycles. The fourth-order valence-corrected chi connectivity index (χ4v) is 1.72. The molecule has 0 unspecified atom stereocenters. The van der Waals surface area contributed by atoms with Crippen LogP contribution in [0.5, 0.6) is 0 Å². The maximum absolute atomic E-state index is 13.7. The summed E-state index contributed by atoms with van der Waals surface area (Å²) in [5.74, 6) is -1.63. The van der Waals surface area contributed by atoms with Crippen LogP contribution in [0, 0.1) is 5.82 Å². The minimum atomic E-state index is -0.838. The topological polar surface area (TPSA) is 43.4 Å². The molecule has 5 heteroatoms. The molecule has 3 nitrogen and oxygen atoms in total. The lowest BCUT2D eigenvalue weighted by atomic mass is 10.1. The van der Waals surface area contributed by atoms with Gasteiger partial charge in [-0.1, -0.05) is 30.3 Å². The maximum Gasteiger partial charge on any atom is 0.341 e. The summed E-state index contributed by atoms with van der Waals surface area (Å²) in [5, 5.41) is -0.784. The zero-order valence-electron chi connectivity index (χ0n) is 10.3. The molecule has 0 N–H and O–H groups in total. The number of benzene rings is 2. The number of carbonyl (C=O) groups is 2. The lowest BCUT2D eigenvalue weighted by molar-refractivity contribution is 0.0467. The Hall–Kier alpha value is -2.20. The first-order valence-corrected chi connectivity index (χ1v) is 6.16. The Kier molecular flexibility index (Phi) is 4.48. The lowest BCUT2D eigenvalue weighted by Gasteiger charge is -2.06. The molecule has 0 saturated heterocycles. The highest BCUT2D eigenvalue weighted by molar-refractivity contribution is 6.67. The van der Waals surface area contributed by atoms with Gasteiger partial charge < -0.3 is 4.74 Å². The van der Waals surface area contributed by atoms with Gasteiger partial charge in [-0.05, 0) is 35.4 Å². The molecule has 0 radical (unpaired) electrons. The molecule has 2 aromatic rings. The SMILES string of the molecule is O=C(Cl)c1ccc(C(=O)OCc2ccccc2)c(F)c1. The van der Waals surface area contributed by atoms with Gasteiger partial charge in [-0.15, -0.1) is 0 Å². The Morgan fingerprint density at radius 2 is 1.80 bits per heavy atom. The van der Waals surface area contributed by atoms with E-state index >= 15 is 0 Å². The second-order valence-electron chi connectivity index (χ2n) is 4.03. The van der Waals surface area contributed by atoms with Crippen LogP contribution in [0.1, 0.15) is 26.3 Å². The van der Waals surface area contributed by atoms with E-state index in [1.54, 1.807) is 12.1 Å². The number of halogens is 2. The number of ether oxygens (including phenoxy) is 1. The molecule has 0 bridgehead atoms. The molecule has 0 fully saturated rings.